The summed E-state index contributed by atoms with van der Waals surface area (Å²) in [5.74, 6) is 0. The van der Waals surface area contributed by atoms with Gasteiger partial charge in [-0.2, -0.15) is 14.0 Å². The van der Waals surface area contributed by atoms with Crippen LogP contribution < -0.4 is 65.4 Å². The minimum Gasteiger partial charge on any atom is -0.696 e. The number of nitriles is 1. The van der Waals surface area contributed by atoms with Crippen LogP contribution in [0.2, 0.25) is 0 Å². The normalized spacial score (nSPS) is 7.44. The molecular formula is CHClKNO4S. The molecule has 8 heteroatoms. The van der Waals surface area contributed by atoms with Crippen molar-refractivity contribution in [3.05, 3.63) is 0 Å². The third-order valence-corrected chi connectivity index (χ3v) is 0. The third kappa shape index (κ3) is 243. The van der Waals surface area contributed by atoms with Crippen LogP contribution >= 0.6 is 0 Å². The molecule has 0 saturated heterocycles. The predicted octanol–water partition coefficient (Wildman–Crippen LogP) is -7.11. The number of hydrogen-bond donors (Lipinski definition) is 1. The number of rotatable bonds is 0. The molecule has 0 fully saturated rings. The van der Waals surface area contributed by atoms with E-state index < -0.39 is 10.2 Å². The second-order valence-corrected chi connectivity index (χ2v) is 1.46. The quantitative estimate of drug-likeness (QED) is 0.235. The second-order valence-electron chi connectivity index (χ2n) is 0.487. The third-order valence-electron chi connectivity index (χ3n) is 0. The maximum absolute atomic E-state index is 8.60. The first kappa shape index (κ1) is 16.8. The van der Waals surface area contributed by atoms with Crippen molar-refractivity contribution in [2.45, 2.75) is 0 Å². The van der Waals surface area contributed by atoms with E-state index in [2.05, 4.69) is 12.6 Å². The fourth-order valence-corrected chi connectivity index (χ4v) is 0. The summed E-state index contributed by atoms with van der Waals surface area (Å²) in [6, 6.07) is 0. The number of halogens is 1. The molecule has 0 aliphatic heterocycles. The summed E-state index contributed by atoms with van der Waals surface area (Å²) in [5.41, 5.74) is 0. The Bertz CT molecular complexity index is 81.5. The molecule has 0 spiro atoms. The van der Waals surface area contributed by atoms with E-state index in [1.807, 2.05) is 0 Å². The average molecular weight is 198 g/mol. The smallest absolute Gasteiger partial charge is 0.696 e. The monoisotopic (exact) mass is 197 g/mol. The van der Waals surface area contributed by atoms with Gasteiger partial charge in [-0.1, -0.05) is 5.40 Å². The fourth-order valence-electron chi connectivity index (χ4n) is 0. The van der Waals surface area contributed by atoms with E-state index in [1.54, 1.807) is 0 Å². The largest absolute Gasteiger partial charge is 1.00 e. The molecule has 0 aromatic heterocycles. The van der Waals surface area contributed by atoms with Crippen LogP contribution in [0.25, 0.3) is 0 Å². The van der Waals surface area contributed by atoms with Gasteiger partial charge in [0.1, 0.15) is 0 Å². The van der Waals surface area contributed by atoms with Gasteiger partial charge in [-0.25, -0.2) is 5.26 Å². The summed E-state index contributed by atoms with van der Waals surface area (Å²) >= 11 is 3.70. The van der Waals surface area contributed by atoms with Gasteiger partial charge in [-0.3, -0.25) is 0 Å². The van der Waals surface area contributed by atoms with Gasteiger partial charge in [0.25, 0.3) is 0 Å². The molecule has 9 heavy (non-hydrogen) atoms. The van der Waals surface area contributed by atoms with Crippen LogP contribution in [0, 0.1) is 20.9 Å². The Morgan fingerprint density at radius 3 is 1.44 bits per heavy atom. The summed E-state index contributed by atoms with van der Waals surface area (Å²) < 4.78 is 32.7. The zero-order valence-corrected chi connectivity index (χ0v) is 9.10. The Labute approximate surface area is 102 Å². The van der Waals surface area contributed by atoms with Crippen molar-refractivity contribution in [3.8, 4) is 5.40 Å². The minimum atomic E-state index is -4.69. The van der Waals surface area contributed by atoms with Crippen molar-refractivity contribution in [1.82, 2.24) is 0 Å². The molecule has 0 rings (SSSR count). The van der Waals surface area contributed by atoms with Gasteiger partial charge >= 0.3 is 51.4 Å². The molecule has 0 aromatic carbocycles. The van der Waals surface area contributed by atoms with Crippen molar-refractivity contribution < 1.29 is 80.3 Å². The summed E-state index contributed by atoms with van der Waals surface area (Å²) in [4.78, 5) is 0. The molecule has 0 aromatic rings. The van der Waals surface area contributed by atoms with Gasteiger partial charge in [-0.05, 0) is 0 Å². The van der Waals surface area contributed by atoms with Crippen molar-refractivity contribution in [3.63, 3.8) is 0 Å². The maximum atomic E-state index is 8.60. The van der Waals surface area contributed by atoms with Crippen LogP contribution in [-0.2, 0) is 12.6 Å². The van der Waals surface area contributed by atoms with Gasteiger partial charge in [-0.15, -0.1) is 0 Å². The Morgan fingerprint density at radius 1 is 1.44 bits per heavy atom. The van der Waals surface area contributed by atoms with Crippen molar-refractivity contribution in [1.29, 1.82) is 5.26 Å². The Hall–Kier alpha value is 1.48. The van der Waals surface area contributed by atoms with Crippen LogP contribution in [-0.4, -0.2) is 4.66 Å². The molecule has 0 bridgehead atoms. The molecule has 0 heterocycles. The molecule has 1 N–H and O–H groups in total. The molecule has 5 nitrogen and oxygen atoms in total. The molecule has 0 radical (unpaired) electrons. The van der Waals surface area contributed by atoms with E-state index in [9.17, 15) is 0 Å². The first-order valence-electron chi connectivity index (χ1n) is 1.06. The van der Waals surface area contributed by atoms with Crippen molar-refractivity contribution in [2.24, 2.45) is 0 Å². The summed E-state index contributed by atoms with van der Waals surface area (Å²) in [5, 5.41) is 8.47. The minimum absolute atomic E-state index is 0. The van der Waals surface area contributed by atoms with Crippen LogP contribution in [0.4, 0.5) is 0 Å². The topological polar surface area (TPSA) is 113 Å². The second kappa shape index (κ2) is 9.48. The molecule has 48 valence electrons. The Kier molecular flexibility index (Phi) is 17.7. The number of thiocyanates is 1. The van der Waals surface area contributed by atoms with E-state index in [0.29, 0.717) is 0 Å². The molecule has 0 atom stereocenters. The first-order valence-corrected chi connectivity index (χ1v) is 2.73. The zero-order chi connectivity index (χ0) is 7.21. The molecule has 0 saturated carbocycles. The van der Waals surface area contributed by atoms with E-state index in [1.165, 1.54) is 5.40 Å². The van der Waals surface area contributed by atoms with Crippen LogP contribution in [0.15, 0.2) is 0 Å². The van der Waals surface area contributed by atoms with E-state index in [0.717, 1.165) is 0 Å². The zero-order valence-electron chi connectivity index (χ0n) is 4.41. The van der Waals surface area contributed by atoms with E-state index in [-0.39, 0.29) is 51.4 Å². The molecule has 0 aliphatic rings. The van der Waals surface area contributed by atoms with E-state index in [4.69, 9.17) is 23.9 Å². The Balaban J connectivity index is -0.0000000800. The fraction of sp³-hybridized carbons (Fsp3) is 0. The number of hydrogen-bond acceptors (Lipinski definition) is 6. The standard InChI is InChI=1S/CHNS.ClHO4.K/c2-1-3;2-1(3,4)5;/h3H;(H,2,3,4,5);/q;;+1/p-1. The molecule has 0 aliphatic carbocycles. The first-order chi connectivity index (χ1) is 3.41. The van der Waals surface area contributed by atoms with Gasteiger partial charge in [0.2, 0.25) is 0 Å². The molecular weight excluding hydrogens is 197 g/mol. The van der Waals surface area contributed by atoms with Crippen molar-refractivity contribution >= 4 is 12.6 Å². The molecule has 0 amide bonds. The Morgan fingerprint density at radius 2 is 1.44 bits per heavy atom. The number of nitrogens with zero attached hydrogens (tertiary/aromatic N) is 1. The van der Waals surface area contributed by atoms with Gasteiger partial charge in [0.15, 0.2) is 0 Å². The maximum Gasteiger partial charge on any atom is 1.00 e. The summed E-state index contributed by atoms with van der Waals surface area (Å²) in [6.45, 7) is 0. The SMILES string of the molecule is N#C[S-].[K+].[O-][Cl+3]([O-])([O-])O. The summed E-state index contributed by atoms with van der Waals surface area (Å²) in [7, 11) is -4.69. The van der Waals surface area contributed by atoms with Gasteiger partial charge in [0, 0.05) is 0 Å². The average Bonchev–Trinajstić information content (AvgIpc) is 1.27. The van der Waals surface area contributed by atoms with Crippen LogP contribution in [0.5, 0.6) is 0 Å². The molecule has 0 unspecified atom stereocenters. The van der Waals surface area contributed by atoms with Crippen LogP contribution in [0.1, 0.15) is 0 Å². The summed E-state index contributed by atoms with van der Waals surface area (Å²) in [6.07, 6.45) is 0. The predicted molar refractivity (Wildman–Crippen MR) is 15.2 cm³/mol. The van der Waals surface area contributed by atoms with Gasteiger partial charge < -0.3 is 12.6 Å². The van der Waals surface area contributed by atoms with Crippen molar-refractivity contribution in [2.75, 3.05) is 0 Å². The van der Waals surface area contributed by atoms with Gasteiger partial charge in [0.05, 0.1) is 14.9 Å². The van der Waals surface area contributed by atoms with Crippen LogP contribution in [0.3, 0.4) is 0 Å². The van der Waals surface area contributed by atoms with E-state index >= 15 is 0 Å².